The third kappa shape index (κ3) is 4.73. The Kier molecular flexibility index (Phi) is 6.66. The Morgan fingerprint density at radius 1 is 1.38 bits per heavy atom. The van der Waals surface area contributed by atoms with Crippen molar-refractivity contribution in [2.75, 3.05) is 33.9 Å². The second-order valence-electron chi connectivity index (χ2n) is 4.01. The van der Waals surface area contributed by atoms with Gasteiger partial charge in [0.1, 0.15) is 0 Å². The van der Waals surface area contributed by atoms with Crippen molar-refractivity contribution in [1.29, 1.82) is 0 Å². The minimum atomic E-state index is -4.15. The average molecular weight is 320 g/mol. The molecule has 0 aromatic carbocycles. The van der Waals surface area contributed by atoms with Crippen molar-refractivity contribution < 1.29 is 27.1 Å². The van der Waals surface area contributed by atoms with E-state index in [9.17, 15) is 17.6 Å². The number of esters is 1. The van der Waals surface area contributed by atoms with Gasteiger partial charge in [-0.1, -0.05) is 0 Å². The first-order valence-corrected chi connectivity index (χ1v) is 7.54. The van der Waals surface area contributed by atoms with Gasteiger partial charge in [-0.3, -0.25) is 4.79 Å². The summed E-state index contributed by atoms with van der Waals surface area (Å²) in [4.78, 5) is 14.7. The highest BCUT2D eigenvalue weighted by Gasteiger charge is 2.29. The molecule has 0 aliphatic heterocycles. The number of sulfonamides is 1. The van der Waals surface area contributed by atoms with Crippen LogP contribution in [0.2, 0.25) is 0 Å². The van der Waals surface area contributed by atoms with E-state index in [1.54, 1.807) is 0 Å². The molecule has 7 nitrogen and oxygen atoms in total. The quantitative estimate of drug-likeness (QED) is 0.645. The number of nitrogens with zero attached hydrogens (tertiary/aromatic N) is 2. The van der Waals surface area contributed by atoms with Crippen molar-refractivity contribution in [2.24, 2.45) is 0 Å². The summed E-state index contributed by atoms with van der Waals surface area (Å²) in [6.45, 7) is -0.0604. The van der Waals surface area contributed by atoms with Crippen LogP contribution in [0.25, 0.3) is 0 Å². The number of hydrogen-bond donors (Lipinski definition) is 0. The number of carbonyl (C=O) groups excluding carboxylic acids is 1. The second-order valence-corrected chi connectivity index (χ2v) is 5.87. The molecule has 0 aliphatic carbocycles. The Balaban J connectivity index is 3.00. The molecular formula is C12H17FN2O5S. The van der Waals surface area contributed by atoms with E-state index in [1.807, 2.05) is 0 Å². The zero-order chi connectivity index (χ0) is 15.9. The highest BCUT2D eigenvalue weighted by molar-refractivity contribution is 7.89. The predicted molar refractivity (Wildman–Crippen MR) is 71.5 cm³/mol. The number of carbonyl (C=O) groups is 1. The zero-order valence-electron chi connectivity index (χ0n) is 11.8. The van der Waals surface area contributed by atoms with Gasteiger partial charge in [-0.05, 0) is 12.1 Å². The van der Waals surface area contributed by atoms with E-state index in [-0.39, 0.29) is 26.1 Å². The standard InChI is InChI=1S/C12H17FN2O5S/c1-19-9-8-15(7-5-11(16)20-2)21(17,18)12-10(13)4-3-6-14-12/h3-4,6H,5,7-9H2,1-2H3. The molecule has 118 valence electrons. The topological polar surface area (TPSA) is 85.8 Å². The third-order valence-electron chi connectivity index (χ3n) is 2.65. The Morgan fingerprint density at radius 3 is 2.67 bits per heavy atom. The summed E-state index contributed by atoms with van der Waals surface area (Å²) in [5.41, 5.74) is 0. The summed E-state index contributed by atoms with van der Waals surface area (Å²) < 4.78 is 48.6. The van der Waals surface area contributed by atoms with Gasteiger partial charge in [0, 0.05) is 26.4 Å². The molecule has 0 N–H and O–H groups in total. The summed E-state index contributed by atoms with van der Waals surface area (Å²) in [6, 6.07) is 2.30. The van der Waals surface area contributed by atoms with Crippen molar-refractivity contribution in [3.05, 3.63) is 24.1 Å². The Hall–Kier alpha value is -1.58. The van der Waals surface area contributed by atoms with E-state index in [0.29, 0.717) is 0 Å². The highest BCUT2D eigenvalue weighted by atomic mass is 32.2. The van der Waals surface area contributed by atoms with Gasteiger partial charge in [0.05, 0.1) is 20.1 Å². The van der Waals surface area contributed by atoms with Gasteiger partial charge in [0.15, 0.2) is 5.82 Å². The number of hydrogen-bond acceptors (Lipinski definition) is 6. The molecule has 0 bridgehead atoms. The number of rotatable bonds is 8. The van der Waals surface area contributed by atoms with Crippen molar-refractivity contribution in [1.82, 2.24) is 9.29 Å². The molecule has 0 aliphatic rings. The minimum Gasteiger partial charge on any atom is -0.469 e. The summed E-state index contributed by atoms with van der Waals surface area (Å²) in [7, 11) is -1.54. The molecule has 1 rings (SSSR count). The first-order valence-electron chi connectivity index (χ1n) is 6.10. The van der Waals surface area contributed by atoms with Gasteiger partial charge in [-0.25, -0.2) is 17.8 Å². The maximum Gasteiger partial charge on any atom is 0.306 e. The maximum atomic E-state index is 13.6. The number of methoxy groups -OCH3 is 2. The Morgan fingerprint density at radius 2 is 2.10 bits per heavy atom. The molecule has 21 heavy (non-hydrogen) atoms. The summed E-state index contributed by atoms with van der Waals surface area (Å²) in [6.07, 6.45) is 1.04. The van der Waals surface area contributed by atoms with Crippen LogP contribution < -0.4 is 0 Å². The lowest BCUT2D eigenvalue weighted by Crippen LogP contribution is -2.36. The first kappa shape index (κ1) is 17.5. The molecule has 0 radical (unpaired) electrons. The lowest BCUT2D eigenvalue weighted by atomic mass is 10.4. The van der Waals surface area contributed by atoms with Crippen LogP contribution in [0.15, 0.2) is 23.4 Å². The van der Waals surface area contributed by atoms with Crippen LogP contribution in [-0.2, 0) is 24.3 Å². The van der Waals surface area contributed by atoms with E-state index in [4.69, 9.17) is 4.74 Å². The number of halogens is 1. The molecule has 0 saturated heterocycles. The molecule has 1 aromatic rings. The third-order valence-corrected chi connectivity index (χ3v) is 4.48. The predicted octanol–water partition coefficient (Wildman–Crippen LogP) is 0.421. The molecule has 0 saturated carbocycles. The molecule has 1 aromatic heterocycles. The minimum absolute atomic E-state index is 0.0220. The van der Waals surface area contributed by atoms with Crippen LogP contribution in [0.1, 0.15) is 6.42 Å². The van der Waals surface area contributed by atoms with Crippen molar-refractivity contribution >= 4 is 16.0 Å². The van der Waals surface area contributed by atoms with Crippen LogP contribution in [0, 0.1) is 5.82 Å². The van der Waals surface area contributed by atoms with Gasteiger partial charge in [0.25, 0.3) is 10.0 Å². The van der Waals surface area contributed by atoms with Crippen LogP contribution in [-0.4, -0.2) is 57.6 Å². The molecule has 0 unspecified atom stereocenters. The van der Waals surface area contributed by atoms with Gasteiger partial charge >= 0.3 is 5.97 Å². The first-order chi connectivity index (χ1) is 9.93. The highest BCUT2D eigenvalue weighted by Crippen LogP contribution is 2.16. The number of ether oxygens (including phenoxy) is 2. The van der Waals surface area contributed by atoms with Crippen LogP contribution >= 0.6 is 0 Å². The fraction of sp³-hybridized carbons (Fsp3) is 0.500. The summed E-state index contributed by atoms with van der Waals surface area (Å²) in [5, 5.41) is -0.675. The Labute approximate surface area is 122 Å². The van der Waals surface area contributed by atoms with Gasteiger partial charge in [-0.15, -0.1) is 0 Å². The normalized spacial score (nSPS) is 11.6. The zero-order valence-corrected chi connectivity index (χ0v) is 12.6. The molecule has 0 atom stereocenters. The summed E-state index contributed by atoms with van der Waals surface area (Å²) >= 11 is 0. The van der Waals surface area contributed by atoms with E-state index in [2.05, 4.69) is 9.72 Å². The fourth-order valence-corrected chi connectivity index (χ4v) is 2.95. The molecule has 0 amide bonds. The van der Waals surface area contributed by atoms with Crippen molar-refractivity contribution in [2.45, 2.75) is 11.4 Å². The van der Waals surface area contributed by atoms with Gasteiger partial charge in [0.2, 0.25) is 5.03 Å². The van der Waals surface area contributed by atoms with Crippen molar-refractivity contribution in [3.8, 4) is 0 Å². The lowest BCUT2D eigenvalue weighted by Gasteiger charge is -2.20. The average Bonchev–Trinajstić information content (AvgIpc) is 2.46. The summed E-state index contributed by atoms with van der Waals surface area (Å²) in [5.74, 6) is -1.51. The molecule has 1 heterocycles. The van der Waals surface area contributed by atoms with Crippen molar-refractivity contribution in [3.63, 3.8) is 0 Å². The number of aromatic nitrogens is 1. The van der Waals surface area contributed by atoms with Gasteiger partial charge < -0.3 is 9.47 Å². The number of pyridine rings is 1. The SMILES string of the molecule is COCCN(CCC(=O)OC)S(=O)(=O)c1ncccc1F. The second kappa shape index (κ2) is 8.01. The van der Waals surface area contributed by atoms with Gasteiger partial charge in [-0.2, -0.15) is 4.31 Å². The largest absolute Gasteiger partial charge is 0.469 e. The van der Waals surface area contributed by atoms with Crippen LogP contribution in [0.3, 0.4) is 0 Å². The molecular weight excluding hydrogens is 303 g/mol. The Bertz CT molecular complexity index is 579. The van der Waals surface area contributed by atoms with E-state index in [0.717, 1.165) is 10.4 Å². The van der Waals surface area contributed by atoms with E-state index >= 15 is 0 Å². The van der Waals surface area contributed by atoms with E-state index < -0.39 is 26.8 Å². The fourth-order valence-electron chi connectivity index (χ4n) is 1.55. The lowest BCUT2D eigenvalue weighted by molar-refractivity contribution is -0.140. The smallest absolute Gasteiger partial charge is 0.306 e. The van der Waals surface area contributed by atoms with Crippen LogP contribution in [0.4, 0.5) is 4.39 Å². The van der Waals surface area contributed by atoms with Crippen LogP contribution in [0.5, 0.6) is 0 Å². The molecule has 0 fully saturated rings. The van der Waals surface area contributed by atoms with E-state index in [1.165, 1.54) is 26.5 Å². The molecule has 9 heteroatoms. The maximum absolute atomic E-state index is 13.6. The monoisotopic (exact) mass is 320 g/mol. The molecule has 0 spiro atoms.